The second-order valence-corrected chi connectivity index (χ2v) is 5.11. The first-order chi connectivity index (χ1) is 8.36. The summed E-state index contributed by atoms with van der Waals surface area (Å²) < 4.78 is 0. The van der Waals surface area contributed by atoms with E-state index >= 15 is 0 Å². The highest BCUT2D eigenvalue weighted by molar-refractivity contribution is 5.50. The molecule has 0 spiro atoms. The fourth-order valence-corrected chi connectivity index (χ4v) is 2.70. The second-order valence-electron chi connectivity index (χ2n) is 5.11. The maximum absolute atomic E-state index is 4.52. The van der Waals surface area contributed by atoms with E-state index in [-0.39, 0.29) is 0 Å². The first-order valence-electron chi connectivity index (χ1n) is 6.62. The van der Waals surface area contributed by atoms with Crippen molar-refractivity contribution in [2.75, 3.05) is 25.0 Å². The molecule has 2 aliphatic rings. The average molecular weight is 232 g/mol. The van der Waals surface area contributed by atoms with Crippen LogP contribution in [0.25, 0.3) is 0 Å². The van der Waals surface area contributed by atoms with Crippen molar-refractivity contribution in [3.05, 3.63) is 17.6 Å². The zero-order valence-corrected chi connectivity index (χ0v) is 10.4. The molecule has 1 fully saturated rings. The van der Waals surface area contributed by atoms with Crippen molar-refractivity contribution in [1.29, 1.82) is 0 Å². The minimum absolute atomic E-state index is 0.609. The zero-order chi connectivity index (χ0) is 11.7. The Morgan fingerprint density at radius 3 is 2.76 bits per heavy atom. The normalized spacial score (nSPS) is 20.3. The van der Waals surface area contributed by atoms with Crippen LogP contribution in [0.5, 0.6) is 0 Å². The minimum Gasteiger partial charge on any atom is -0.354 e. The van der Waals surface area contributed by atoms with E-state index in [2.05, 4.69) is 27.2 Å². The van der Waals surface area contributed by atoms with Crippen LogP contribution in [0.3, 0.4) is 0 Å². The van der Waals surface area contributed by atoms with Gasteiger partial charge in [0, 0.05) is 31.4 Å². The topological polar surface area (TPSA) is 41.1 Å². The molecule has 4 heteroatoms. The van der Waals surface area contributed by atoms with Gasteiger partial charge in [-0.25, -0.2) is 9.97 Å². The second kappa shape index (κ2) is 4.61. The number of nitrogens with zero attached hydrogens (tertiary/aromatic N) is 3. The van der Waals surface area contributed by atoms with Crippen molar-refractivity contribution in [2.24, 2.45) is 0 Å². The fourth-order valence-electron chi connectivity index (χ4n) is 2.70. The Kier molecular flexibility index (Phi) is 2.97. The lowest BCUT2D eigenvalue weighted by Crippen LogP contribution is -2.56. The van der Waals surface area contributed by atoms with Gasteiger partial charge in [0.15, 0.2) is 0 Å². The summed E-state index contributed by atoms with van der Waals surface area (Å²) in [6.45, 7) is 2.16. The minimum atomic E-state index is 0.609. The molecule has 1 aliphatic carbocycles. The number of aromatic nitrogens is 2. The number of hydrogen-bond acceptors (Lipinski definition) is 4. The first kappa shape index (κ1) is 11.0. The zero-order valence-electron chi connectivity index (χ0n) is 10.4. The Morgan fingerprint density at radius 1 is 1.18 bits per heavy atom. The molecular formula is C13H20N4. The van der Waals surface area contributed by atoms with Crippen LogP contribution < -0.4 is 10.2 Å². The third-order valence-electron chi connectivity index (χ3n) is 3.99. The Labute approximate surface area is 102 Å². The summed E-state index contributed by atoms with van der Waals surface area (Å²) in [5, 5.41) is 3.32. The molecule has 0 radical (unpaired) electrons. The van der Waals surface area contributed by atoms with Crippen molar-refractivity contribution in [3.63, 3.8) is 0 Å². The molecule has 1 saturated heterocycles. The van der Waals surface area contributed by atoms with Crippen LogP contribution in [0.15, 0.2) is 6.33 Å². The molecule has 1 aromatic heterocycles. The summed E-state index contributed by atoms with van der Waals surface area (Å²) in [6, 6.07) is 0.609. The summed E-state index contributed by atoms with van der Waals surface area (Å²) in [7, 11) is 2.17. The van der Waals surface area contributed by atoms with Gasteiger partial charge in [-0.2, -0.15) is 0 Å². The van der Waals surface area contributed by atoms with Crippen molar-refractivity contribution >= 4 is 5.82 Å². The van der Waals surface area contributed by atoms with Gasteiger partial charge >= 0.3 is 0 Å². The molecule has 0 saturated carbocycles. The summed E-state index contributed by atoms with van der Waals surface area (Å²) >= 11 is 0. The van der Waals surface area contributed by atoms with Crippen LogP contribution >= 0.6 is 0 Å². The fraction of sp³-hybridized carbons (Fsp3) is 0.692. The number of likely N-dealkylation sites (N-methyl/N-ethyl adjacent to an activating group) is 1. The van der Waals surface area contributed by atoms with Crippen molar-refractivity contribution < 1.29 is 0 Å². The largest absolute Gasteiger partial charge is 0.354 e. The molecule has 1 N–H and O–H groups in total. The molecule has 0 amide bonds. The van der Waals surface area contributed by atoms with Gasteiger partial charge in [0.25, 0.3) is 0 Å². The lowest BCUT2D eigenvalue weighted by atomic mass is 10.1. The lowest BCUT2D eigenvalue weighted by molar-refractivity contribution is 0.426. The van der Waals surface area contributed by atoms with E-state index in [0.29, 0.717) is 6.04 Å². The summed E-state index contributed by atoms with van der Waals surface area (Å²) in [4.78, 5) is 11.3. The predicted molar refractivity (Wildman–Crippen MR) is 68.4 cm³/mol. The molecule has 0 bridgehead atoms. The van der Waals surface area contributed by atoms with Crippen molar-refractivity contribution in [3.8, 4) is 0 Å². The van der Waals surface area contributed by atoms with Crippen LogP contribution in [0.4, 0.5) is 5.82 Å². The lowest BCUT2D eigenvalue weighted by Gasteiger charge is -2.37. The van der Waals surface area contributed by atoms with Crippen LogP contribution in [0.1, 0.15) is 30.5 Å². The Balaban J connectivity index is 1.92. The van der Waals surface area contributed by atoms with Crippen LogP contribution in [0, 0.1) is 0 Å². The van der Waals surface area contributed by atoms with E-state index in [1.54, 1.807) is 6.33 Å². The molecule has 1 aliphatic heterocycles. The number of nitrogens with one attached hydrogen (secondary N) is 1. The Hall–Kier alpha value is -1.16. The summed E-state index contributed by atoms with van der Waals surface area (Å²) in [5.74, 6) is 1.17. The molecule has 92 valence electrons. The van der Waals surface area contributed by atoms with E-state index < -0.39 is 0 Å². The highest BCUT2D eigenvalue weighted by Crippen LogP contribution is 2.27. The van der Waals surface area contributed by atoms with Gasteiger partial charge in [0.05, 0.1) is 6.04 Å². The van der Waals surface area contributed by atoms with E-state index in [0.717, 1.165) is 25.9 Å². The van der Waals surface area contributed by atoms with Crippen molar-refractivity contribution in [1.82, 2.24) is 15.3 Å². The van der Waals surface area contributed by atoms with E-state index in [9.17, 15) is 0 Å². The van der Waals surface area contributed by atoms with Gasteiger partial charge in [0.1, 0.15) is 12.1 Å². The number of aryl methyl sites for hydroxylation is 1. The third-order valence-corrected chi connectivity index (χ3v) is 3.99. The predicted octanol–water partition coefficient (Wildman–Crippen LogP) is 1.15. The highest BCUT2D eigenvalue weighted by Gasteiger charge is 2.25. The molecule has 4 nitrogen and oxygen atoms in total. The molecule has 17 heavy (non-hydrogen) atoms. The smallest absolute Gasteiger partial charge is 0.135 e. The number of hydrogen-bond donors (Lipinski definition) is 1. The van der Waals surface area contributed by atoms with E-state index in [1.165, 1.54) is 36.3 Å². The quantitative estimate of drug-likeness (QED) is 0.777. The Bertz CT molecular complexity index is 400. The third kappa shape index (κ3) is 2.02. The monoisotopic (exact) mass is 232 g/mol. The number of rotatable bonds is 2. The number of anilines is 1. The molecule has 3 rings (SSSR count). The van der Waals surface area contributed by atoms with Gasteiger partial charge in [-0.3, -0.25) is 0 Å². The summed E-state index contributed by atoms with van der Waals surface area (Å²) in [6.07, 6.45) is 7.90. The van der Waals surface area contributed by atoms with E-state index in [1.807, 2.05) is 0 Å². The number of fused-ring (bicyclic) bond motifs is 1. The highest BCUT2D eigenvalue weighted by atomic mass is 15.3. The van der Waals surface area contributed by atoms with Crippen molar-refractivity contribution in [2.45, 2.75) is 38.1 Å². The van der Waals surface area contributed by atoms with Gasteiger partial charge in [0.2, 0.25) is 0 Å². The molecule has 0 aromatic carbocycles. The molecule has 1 aromatic rings. The van der Waals surface area contributed by atoms with Gasteiger partial charge < -0.3 is 10.2 Å². The Morgan fingerprint density at radius 2 is 2.00 bits per heavy atom. The standard InChI is InChI=1S/C13H20N4/c1-17(10-7-14-8-10)13-11-5-3-2-4-6-12(11)15-9-16-13/h9-10,14H,2-8H2,1H3. The van der Waals surface area contributed by atoms with Crippen LogP contribution in [0.2, 0.25) is 0 Å². The maximum Gasteiger partial charge on any atom is 0.135 e. The first-order valence-corrected chi connectivity index (χ1v) is 6.62. The van der Waals surface area contributed by atoms with Gasteiger partial charge in [-0.05, 0) is 25.7 Å². The maximum atomic E-state index is 4.52. The molecule has 0 atom stereocenters. The SMILES string of the molecule is CN(c1ncnc2c1CCCCC2)C1CNC1. The van der Waals surface area contributed by atoms with Gasteiger partial charge in [-0.1, -0.05) is 6.42 Å². The molecule has 2 heterocycles. The van der Waals surface area contributed by atoms with Crippen LogP contribution in [-0.2, 0) is 12.8 Å². The summed E-state index contributed by atoms with van der Waals surface area (Å²) in [5.41, 5.74) is 2.69. The molecular weight excluding hydrogens is 212 g/mol. The average Bonchev–Trinajstić information content (AvgIpc) is 2.50. The van der Waals surface area contributed by atoms with E-state index in [4.69, 9.17) is 0 Å². The van der Waals surface area contributed by atoms with Gasteiger partial charge in [-0.15, -0.1) is 0 Å². The molecule has 0 unspecified atom stereocenters. The van der Waals surface area contributed by atoms with Crippen LogP contribution in [-0.4, -0.2) is 36.1 Å².